The van der Waals surface area contributed by atoms with Gasteiger partial charge < -0.3 is 9.84 Å². The molecule has 0 bridgehead atoms. The Morgan fingerprint density at radius 3 is 2.64 bits per heavy atom. The molecule has 1 aliphatic heterocycles. The Morgan fingerprint density at radius 2 is 2.09 bits per heavy atom. The molecule has 22 heavy (non-hydrogen) atoms. The fraction of sp³-hybridized carbons (Fsp3) is 0.917. The van der Waals surface area contributed by atoms with Gasteiger partial charge in [-0.05, 0) is 18.8 Å². The van der Waals surface area contributed by atoms with Gasteiger partial charge in [-0.25, -0.2) is 12.7 Å². The zero-order valence-corrected chi connectivity index (χ0v) is 12.6. The lowest BCUT2D eigenvalue weighted by molar-refractivity contribution is -0.172. The van der Waals surface area contributed by atoms with E-state index < -0.39 is 46.6 Å². The Morgan fingerprint density at radius 1 is 1.41 bits per heavy atom. The number of aliphatic carboxylic acids is 1. The lowest BCUT2D eigenvalue weighted by atomic mass is 9.81. The van der Waals surface area contributed by atoms with E-state index >= 15 is 0 Å². The quantitative estimate of drug-likeness (QED) is 0.729. The summed E-state index contributed by atoms with van der Waals surface area (Å²) in [6.45, 7) is -2.05. The fourth-order valence-corrected chi connectivity index (χ4v) is 4.71. The third-order valence-electron chi connectivity index (χ3n) is 4.41. The Hall–Kier alpha value is -0.870. The van der Waals surface area contributed by atoms with Crippen molar-refractivity contribution in [3.8, 4) is 0 Å². The summed E-state index contributed by atoms with van der Waals surface area (Å²) in [5.41, 5.74) is -1.04. The molecular weight excluding hydrogens is 327 g/mol. The molecule has 2 fully saturated rings. The van der Waals surface area contributed by atoms with Crippen molar-refractivity contribution in [3.05, 3.63) is 0 Å². The minimum atomic E-state index is -4.50. The van der Waals surface area contributed by atoms with Gasteiger partial charge in [0.15, 0.2) is 0 Å². The number of sulfonamides is 1. The molecule has 6 nitrogen and oxygen atoms in total. The van der Waals surface area contributed by atoms with Gasteiger partial charge in [0.2, 0.25) is 10.0 Å². The zero-order valence-electron chi connectivity index (χ0n) is 11.8. The van der Waals surface area contributed by atoms with Gasteiger partial charge >= 0.3 is 12.1 Å². The van der Waals surface area contributed by atoms with Crippen molar-refractivity contribution < 1.29 is 36.2 Å². The molecule has 1 heterocycles. The van der Waals surface area contributed by atoms with Gasteiger partial charge in [0.05, 0.1) is 17.8 Å². The van der Waals surface area contributed by atoms with Gasteiger partial charge in [0.1, 0.15) is 6.61 Å². The van der Waals surface area contributed by atoms with Gasteiger partial charge in [-0.15, -0.1) is 0 Å². The number of hydrogen-bond donors (Lipinski definition) is 1. The summed E-state index contributed by atoms with van der Waals surface area (Å²) >= 11 is 0. The van der Waals surface area contributed by atoms with Crippen LogP contribution in [0.5, 0.6) is 0 Å². The largest absolute Gasteiger partial charge is 0.481 e. The summed E-state index contributed by atoms with van der Waals surface area (Å²) in [5, 5.41) is 9.39. The first-order valence-corrected chi connectivity index (χ1v) is 8.53. The molecule has 10 heteroatoms. The first-order chi connectivity index (χ1) is 10.1. The number of nitrogens with zero attached hydrogens (tertiary/aromatic N) is 1. The summed E-state index contributed by atoms with van der Waals surface area (Å²) in [5.74, 6) is -1.80. The summed E-state index contributed by atoms with van der Waals surface area (Å²) in [6, 6.07) is 0. The number of fused-ring (bicyclic) bond motifs is 1. The van der Waals surface area contributed by atoms with Crippen LogP contribution >= 0.6 is 0 Å². The van der Waals surface area contributed by atoms with E-state index in [9.17, 15) is 31.5 Å². The van der Waals surface area contributed by atoms with Gasteiger partial charge in [0, 0.05) is 13.1 Å². The van der Waals surface area contributed by atoms with Crippen molar-refractivity contribution >= 4 is 16.0 Å². The van der Waals surface area contributed by atoms with Crippen molar-refractivity contribution in [3.63, 3.8) is 0 Å². The van der Waals surface area contributed by atoms with E-state index in [1.54, 1.807) is 0 Å². The van der Waals surface area contributed by atoms with Crippen LogP contribution in [-0.4, -0.2) is 62.0 Å². The summed E-state index contributed by atoms with van der Waals surface area (Å²) < 4.78 is 65.4. The minimum absolute atomic E-state index is 0.103. The zero-order chi connectivity index (χ0) is 16.6. The number of alkyl halides is 3. The highest BCUT2D eigenvalue weighted by Crippen LogP contribution is 2.49. The number of ether oxygens (including phenoxy) is 1. The van der Waals surface area contributed by atoms with Crippen LogP contribution in [0.3, 0.4) is 0 Å². The van der Waals surface area contributed by atoms with Crippen LogP contribution in [0.4, 0.5) is 13.2 Å². The Labute approximate surface area is 126 Å². The number of carboxylic acids is 1. The molecule has 1 N–H and O–H groups in total. The molecule has 0 amide bonds. The molecule has 0 aromatic rings. The predicted octanol–water partition coefficient (Wildman–Crippen LogP) is 1.08. The maximum absolute atomic E-state index is 12.1. The van der Waals surface area contributed by atoms with E-state index in [0.29, 0.717) is 12.8 Å². The standard InChI is InChI=1S/C12H18F3NO5S/c13-12(14,15)8-21-4-5-22(19,20)16-6-9-2-1-3-11(9,7-16)10(17)18/h9H,1-8H2,(H,17,18)/t9-,11+/m0/s1. The molecule has 0 unspecified atom stereocenters. The van der Waals surface area contributed by atoms with Crippen LogP contribution in [0, 0.1) is 11.3 Å². The number of carboxylic acid groups (broad SMARTS) is 1. The third-order valence-corrected chi connectivity index (χ3v) is 6.16. The number of carbonyl (C=O) groups is 1. The molecule has 0 aromatic heterocycles. The van der Waals surface area contributed by atoms with Crippen molar-refractivity contribution in [2.45, 2.75) is 25.4 Å². The van der Waals surface area contributed by atoms with E-state index in [4.69, 9.17) is 0 Å². The second-order valence-electron chi connectivity index (χ2n) is 5.83. The molecule has 2 atom stereocenters. The van der Waals surface area contributed by atoms with Crippen LogP contribution in [0.15, 0.2) is 0 Å². The summed E-state index contributed by atoms with van der Waals surface area (Å²) in [4.78, 5) is 11.5. The lowest BCUT2D eigenvalue weighted by Gasteiger charge is -2.23. The van der Waals surface area contributed by atoms with Crippen LogP contribution < -0.4 is 0 Å². The van der Waals surface area contributed by atoms with Crippen LogP contribution in [0.1, 0.15) is 19.3 Å². The Balaban J connectivity index is 1.93. The molecular formula is C12H18F3NO5S. The highest BCUT2D eigenvalue weighted by Gasteiger charge is 2.56. The number of halogens is 3. The molecule has 0 radical (unpaired) electrons. The van der Waals surface area contributed by atoms with Crippen LogP contribution in [0.25, 0.3) is 0 Å². The minimum Gasteiger partial charge on any atom is -0.481 e. The highest BCUT2D eigenvalue weighted by atomic mass is 32.2. The molecule has 2 aliphatic rings. The summed E-state index contributed by atoms with van der Waals surface area (Å²) in [7, 11) is -3.81. The molecule has 128 valence electrons. The lowest BCUT2D eigenvalue weighted by Crippen LogP contribution is -2.38. The van der Waals surface area contributed by atoms with Crippen molar-refractivity contribution in [2.75, 3.05) is 32.1 Å². The molecule has 2 rings (SSSR count). The first-order valence-electron chi connectivity index (χ1n) is 6.92. The average molecular weight is 345 g/mol. The molecule has 1 saturated heterocycles. The van der Waals surface area contributed by atoms with Gasteiger partial charge in [-0.1, -0.05) is 6.42 Å². The second kappa shape index (κ2) is 5.97. The predicted molar refractivity (Wildman–Crippen MR) is 69.6 cm³/mol. The van der Waals surface area contributed by atoms with E-state index in [1.165, 1.54) is 0 Å². The van der Waals surface area contributed by atoms with Crippen LogP contribution in [0.2, 0.25) is 0 Å². The SMILES string of the molecule is O=C(O)[C@@]12CCC[C@H]1CN(S(=O)(=O)CCOCC(F)(F)F)C2. The summed E-state index contributed by atoms with van der Waals surface area (Å²) in [6.07, 6.45) is -2.66. The fourth-order valence-electron chi connectivity index (χ4n) is 3.29. The molecule has 1 saturated carbocycles. The normalized spacial score (nSPS) is 29.7. The van der Waals surface area contributed by atoms with Crippen molar-refractivity contribution in [2.24, 2.45) is 11.3 Å². The van der Waals surface area contributed by atoms with Crippen molar-refractivity contribution in [1.82, 2.24) is 4.31 Å². The van der Waals surface area contributed by atoms with E-state index in [2.05, 4.69) is 4.74 Å². The molecule has 1 aliphatic carbocycles. The molecule has 0 aromatic carbocycles. The van der Waals surface area contributed by atoms with Crippen LogP contribution in [-0.2, 0) is 19.6 Å². The first kappa shape index (κ1) is 17.5. The maximum Gasteiger partial charge on any atom is 0.411 e. The van der Waals surface area contributed by atoms with E-state index in [0.717, 1.165) is 10.7 Å². The van der Waals surface area contributed by atoms with Gasteiger partial charge in [0.25, 0.3) is 0 Å². The van der Waals surface area contributed by atoms with E-state index in [-0.39, 0.29) is 19.0 Å². The maximum atomic E-state index is 12.1. The smallest absolute Gasteiger partial charge is 0.411 e. The number of hydrogen-bond acceptors (Lipinski definition) is 4. The van der Waals surface area contributed by atoms with Gasteiger partial charge in [-0.2, -0.15) is 13.2 Å². The third kappa shape index (κ3) is 3.54. The molecule has 0 spiro atoms. The Bertz CT molecular complexity index is 535. The monoisotopic (exact) mass is 345 g/mol. The van der Waals surface area contributed by atoms with Crippen molar-refractivity contribution in [1.29, 1.82) is 0 Å². The van der Waals surface area contributed by atoms with E-state index in [1.807, 2.05) is 0 Å². The second-order valence-corrected chi connectivity index (χ2v) is 7.92. The highest BCUT2D eigenvalue weighted by molar-refractivity contribution is 7.89. The average Bonchev–Trinajstić information content (AvgIpc) is 2.91. The topological polar surface area (TPSA) is 83.9 Å². The number of rotatable bonds is 6. The Kier molecular flexibility index (Phi) is 4.74. The van der Waals surface area contributed by atoms with Gasteiger partial charge in [-0.3, -0.25) is 4.79 Å².